The Balaban J connectivity index is 1.99. The van der Waals surface area contributed by atoms with E-state index < -0.39 is 0 Å². The Morgan fingerprint density at radius 3 is 2.43 bits per heavy atom. The van der Waals surface area contributed by atoms with Gasteiger partial charge in [-0.3, -0.25) is 4.98 Å². The second-order valence-electron chi connectivity index (χ2n) is 4.98. The molecule has 2 heterocycles. The van der Waals surface area contributed by atoms with Crippen molar-refractivity contribution in [2.75, 3.05) is 0 Å². The summed E-state index contributed by atoms with van der Waals surface area (Å²) >= 11 is 1.70. The average Bonchev–Trinajstić information content (AvgIpc) is 2.92. The minimum Gasteiger partial charge on any atom is -0.325 e. The highest BCUT2D eigenvalue weighted by atomic mass is 32.1. The van der Waals surface area contributed by atoms with Gasteiger partial charge in [0.05, 0.1) is 5.69 Å². The van der Waals surface area contributed by atoms with Crippen molar-refractivity contribution in [2.24, 2.45) is 5.73 Å². The van der Waals surface area contributed by atoms with Crippen LogP contribution in [0.3, 0.4) is 0 Å². The summed E-state index contributed by atoms with van der Waals surface area (Å²) in [6, 6.07) is 12.6. The third-order valence-electron chi connectivity index (χ3n) is 3.36. The Morgan fingerprint density at radius 1 is 1.05 bits per heavy atom. The number of nitrogens with zero attached hydrogens (tertiary/aromatic N) is 2. The van der Waals surface area contributed by atoms with Gasteiger partial charge in [-0.2, -0.15) is 0 Å². The summed E-state index contributed by atoms with van der Waals surface area (Å²) in [5.74, 6) is 0. The summed E-state index contributed by atoms with van der Waals surface area (Å²) in [6.07, 6.45) is 4.51. The number of benzene rings is 1. The summed E-state index contributed by atoms with van der Waals surface area (Å²) in [6.45, 7) is 2.58. The topological polar surface area (TPSA) is 51.8 Å². The molecular weight excluding hydrogens is 278 g/mol. The second kappa shape index (κ2) is 6.16. The van der Waals surface area contributed by atoms with E-state index in [2.05, 4.69) is 36.2 Å². The highest BCUT2D eigenvalue weighted by Gasteiger charge is 2.13. The predicted octanol–water partition coefficient (Wildman–Crippen LogP) is 3.56. The molecule has 0 spiro atoms. The molecule has 3 rings (SSSR count). The average molecular weight is 295 g/mol. The first kappa shape index (κ1) is 13.9. The molecule has 0 atom stereocenters. The predicted molar refractivity (Wildman–Crippen MR) is 87.2 cm³/mol. The van der Waals surface area contributed by atoms with Gasteiger partial charge >= 0.3 is 0 Å². The Morgan fingerprint density at radius 2 is 1.76 bits per heavy atom. The maximum absolute atomic E-state index is 5.77. The van der Waals surface area contributed by atoms with E-state index in [9.17, 15) is 0 Å². The molecule has 0 saturated carbocycles. The first-order valence-corrected chi connectivity index (χ1v) is 7.72. The number of pyridine rings is 1. The van der Waals surface area contributed by atoms with Crippen LogP contribution < -0.4 is 5.73 Å². The van der Waals surface area contributed by atoms with Crippen LogP contribution in [0.2, 0.25) is 0 Å². The zero-order valence-electron chi connectivity index (χ0n) is 11.9. The fourth-order valence-electron chi connectivity index (χ4n) is 2.23. The number of aryl methyl sites for hydroxylation is 1. The summed E-state index contributed by atoms with van der Waals surface area (Å²) in [4.78, 5) is 10.0. The second-order valence-corrected chi connectivity index (χ2v) is 6.15. The molecule has 4 heteroatoms. The van der Waals surface area contributed by atoms with Crippen molar-refractivity contribution in [1.82, 2.24) is 9.97 Å². The molecule has 0 aliphatic heterocycles. The summed E-state index contributed by atoms with van der Waals surface area (Å²) in [7, 11) is 0. The van der Waals surface area contributed by atoms with Gasteiger partial charge < -0.3 is 5.73 Å². The zero-order valence-corrected chi connectivity index (χ0v) is 12.7. The third-order valence-corrected chi connectivity index (χ3v) is 4.43. The van der Waals surface area contributed by atoms with E-state index in [-0.39, 0.29) is 0 Å². The van der Waals surface area contributed by atoms with Crippen LogP contribution >= 0.6 is 11.3 Å². The fraction of sp³-hybridized carbons (Fsp3) is 0.176. The molecule has 0 aliphatic rings. The monoisotopic (exact) mass is 295 g/mol. The molecule has 21 heavy (non-hydrogen) atoms. The molecule has 0 amide bonds. The lowest BCUT2D eigenvalue weighted by Gasteiger charge is -2.03. The van der Waals surface area contributed by atoms with Gasteiger partial charge in [-0.25, -0.2) is 4.98 Å². The van der Waals surface area contributed by atoms with Crippen LogP contribution in [0.15, 0.2) is 48.8 Å². The molecule has 0 bridgehead atoms. The van der Waals surface area contributed by atoms with E-state index in [0.29, 0.717) is 6.54 Å². The van der Waals surface area contributed by atoms with Gasteiger partial charge in [0.15, 0.2) is 0 Å². The SMILES string of the molecule is Cc1ccc(-c2nc(CN)sc2Cc2ccncc2)cc1. The smallest absolute Gasteiger partial charge is 0.107 e. The van der Waals surface area contributed by atoms with Gasteiger partial charge in [0.2, 0.25) is 0 Å². The quantitative estimate of drug-likeness (QED) is 0.800. The van der Waals surface area contributed by atoms with Crippen molar-refractivity contribution in [2.45, 2.75) is 19.9 Å². The Bertz CT molecular complexity index is 718. The molecule has 2 aromatic heterocycles. The van der Waals surface area contributed by atoms with Gasteiger partial charge in [0, 0.05) is 35.8 Å². The fourth-order valence-corrected chi connectivity index (χ4v) is 3.23. The van der Waals surface area contributed by atoms with Crippen molar-refractivity contribution < 1.29 is 0 Å². The van der Waals surface area contributed by atoms with Gasteiger partial charge in [-0.15, -0.1) is 11.3 Å². The van der Waals surface area contributed by atoms with Crippen LogP contribution in [-0.4, -0.2) is 9.97 Å². The van der Waals surface area contributed by atoms with Crippen molar-refractivity contribution in [3.63, 3.8) is 0 Å². The lowest BCUT2D eigenvalue weighted by Crippen LogP contribution is -1.94. The molecular formula is C17H17N3S. The first-order valence-electron chi connectivity index (χ1n) is 6.91. The molecule has 0 unspecified atom stereocenters. The molecule has 0 radical (unpaired) electrons. The van der Waals surface area contributed by atoms with Crippen molar-refractivity contribution in [3.05, 3.63) is 69.8 Å². The van der Waals surface area contributed by atoms with Gasteiger partial charge in [-0.1, -0.05) is 29.8 Å². The highest BCUT2D eigenvalue weighted by Crippen LogP contribution is 2.30. The largest absolute Gasteiger partial charge is 0.325 e. The summed E-state index contributed by atoms with van der Waals surface area (Å²) < 4.78 is 0. The van der Waals surface area contributed by atoms with Crippen LogP contribution in [-0.2, 0) is 13.0 Å². The van der Waals surface area contributed by atoms with Crippen LogP contribution in [0.25, 0.3) is 11.3 Å². The summed E-state index contributed by atoms with van der Waals surface area (Å²) in [5, 5.41) is 0.981. The van der Waals surface area contributed by atoms with E-state index in [0.717, 1.165) is 22.7 Å². The number of nitrogens with two attached hydrogens (primary N) is 1. The Labute approximate surface area is 128 Å². The molecule has 0 fully saturated rings. The normalized spacial score (nSPS) is 10.8. The highest BCUT2D eigenvalue weighted by molar-refractivity contribution is 7.12. The van der Waals surface area contributed by atoms with Gasteiger partial charge in [0.1, 0.15) is 5.01 Å². The van der Waals surface area contributed by atoms with Crippen molar-refractivity contribution >= 4 is 11.3 Å². The Kier molecular flexibility index (Phi) is 4.08. The first-order chi connectivity index (χ1) is 10.3. The van der Waals surface area contributed by atoms with E-state index in [1.165, 1.54) is 16.0 Å². The molecule has 3 aromatic rings. The lowest BCUT2D eigenvalue weighted by atomic mass is 10.1. The maximum atomic E-state index is 5.77. The number of aromatic nitrogens is 2. The third kappa shape index (κ3) is 3.17. The molecule has 2 N–H and O–H groups in total. The summed E-state index contributed by atoms with van der Waals surface area (Å²) in [5.41, 5.74) is 10.5. The molecule has 0 aliphatic carbocycles. The molecule has 0 saturated heterocycles. The number of thiazole rings is 1. The Hall–Kier alpha value is -2.04. The van der Waals surface area contributed by atoms with E-state index >= 15 is 0 Å². The molecule has 106 valence electrons. The number of rotatable bonds is 4. The lowest BCUT2D eigenvalue weighted by molar-refractivity contribution is 1.04. The van der Waals surface area contributed by atoms with Crippen LogP contribution in [0.4, 0.5) is 0 Å². The number of hydrogen-bond donors (Lipinski definition) is 1. The van der Waals surface area contributed by atoms with Crippen LogP contribution in [0.5, 0.6) is 0 Å². The molecule has 1 aromatic carbocycles. The van der Waals surface area contributed by atoms with Crippen molar-refractivity contribution in [3.8, 4) is 11.3 Å². The van der Waals surface area contributed by atoms with Crippen LogP contribution in [0.1, 0.15) is 21.0 Å². The van der Waals surface area contributed by atoms with E-state index in [1.54, 1.807) is 11.3 Å². The zero-order chi connectivity index (χ0) is 14.7. The minimum absolute atomic E-state index is 0.486. The van der Waals surface area contributed by atoms with Crippen LogP contribution in [0, 0.1) is 6.92 Å². The van der Waals surface area contributed by atoms with E-state index in [1.807, 2.05) is 24.5 Å². The molecule has 3 nitrogen and oxygen atoms in total. The maximum Gasteiger partial charge on any atom is 0.107 e. The van der Waals surface area contributed by atoms with Crippen molar-refractivity contribution in [1.29, 1.82) is 0 Å². The van der Waals surface area contributed by atoms with Gasteiger partial charge in [-0.05, 0) is 24.6 Å². The minimum atomic E-state index is 0.486. The number of hydrogen-bond acceptors (Lipinski definition) is 4. The van der Waals surface area contributed by atoms with E-state index in [4.69, 9.17) is 10.7 Å². The standard InChI is InChI=1S/C17H17N3S/c1-12-2-4-14(5-3-12)17-15(21-16(11-18)20-17)10-13-6-8-19-9-7-13/h2-9H,10-11,18H2,1H3. The van der Waals surface area contributed by atoms with Gasteiger partial charge in [0.25, 0.3) is 0 Å².